The van der Waals surface area contributed by atoms with E-state index in [2.05, 4.69) is 15.6 Å². The summed E-state index contributed by atoms with van der Waals surface area (Å²) >= 11 is 0. The molecule has 5 heteroatoms. The van der Waals surface area contributed by atoms with Gasteiger partial charge >= 0.3 is 0 Å². The quantitative estimate of drug-likeness (QED) is 0.818. The molecule has 1 amide bonds. The number of ether oxygens (including phenoxy) is 1. The van der Waals surface area contributed by atoms with Crippen molar-refractivity contribution in [2.24, 2.45) is 0 Å². The van der Waals surface area contributed by atoms with Crippen molar-refractivity contribution in [1.29, 1.82) is 0 Å². The van der Waals surface area contributed by atoms with Crippen LogP contribution in [-0.2, 0) is 11.3 Å². The highest BCUT2D eigenvalue weighted by Gasteiger charge is 2.04. The minimum atomic E-state index is -0.196. The third kappa shape index (κ3) is 5.24. The number of rotatable bonds is 7. The highest BCUT2D eigenvalue weighted by Crippen LogP contribution is 2.10. The molecule has 0 saturated heterocycles. The first kappa shape index (κ1) is 15.0. The first-order valence-electron chi connectivity index (χ1n) is 6.91. The molecule has 0 aliphatic heterocycles. The molecule has 110 valence electrons. The summed E-state index contributed by atoms with van der Waals surface area (Å²) < 4.78 is 5.40. The van der Waals surface area contributed by atoms with Crippen LogP contribution in [0.15, 0.2) is 48.7 Å². The van der Waals surface area contributed by atoms with Gasteiger partial charge in [0.2, 0.25) is 0 Å². The third-order valence-electron chi connectivity index (χ3n) is 2.78. The van der Waals surface area contributed by atoms with Gasteiger partial charge in [-0.1, -0.05) is 25.1 Å². The molecule has 5 nitrogen and oxygen atoms in total. The Morgan fingerprint density at radius 3 is 2.67 bits per heavy atom. The Labute approximate surface area is 124 Å². The van der Waals surface area contributed by atoms with Crippen LogP contribution in [0.4, 0.5) is 5.69 Å². The summed E-state index contributed by atoms with van der Waals surface area (Å²) in [7, 11) is 0. The van der Waals surface area contributed by atoms with Gasteiger partial charge in [0.05, 0.1) is 11.9 Å². The van der Waals surface area contributed by atoms with Crippen LogP contribution in [0.5, 0.6) is 5.75 Å². The molecule has 2 rings (SSSR count). The Morgan fingerprint density at radius 1 is 1.19 bits per heavy atom. The van der Waals surface area contributed by atoms with Crippen LogP contribution in [0.2, 0.25) is 0 Å². The van der Waals surface area contributed by atoms with E-state index < -0.39 is 0 Å². The molecular weight excluding hydrogens is 266 g/mol. The summed E-state index contributed by atoms with van der Waals surface area (Å²) in [6, 6.07) is 13.0. The highest BCUT2D eigenvalue weighted by molar-refractivity contribution is 5.91. The smallest absolute Gasteiger partial charge is 0.262 e. The lowest BCUT2D eigenvalue weighted by molar-refractivity contribution is -0.118. The molecule has 0 aliphatic carbocycles. The Balaban J connectivity index is 1.78. The second-order valence-electron chi connectivity index (χ2n) is 4.47. The Bertz CT molecular complexity index is 555. The Morgan fingerprint density at radius 2 is 2.00 bits per heavy atom. The monoisotopic (exact) mass is 285 g/mol. The van der Waals surface area contributed by atoms with E-state index in [-0.39, 0.29) is 12.5 Å². The molecule has 0 saturated carbocycles. The maximum atomic E-state index is 11.7. The molecule has 1 aromatic heterocycles. The maximum absolute atomic E-state index is 11.7. The van der Waals surface area contributed by atoms with Crippen LogP contribution in [0.25, 0.3) is 0 Å². The number of carbonyl (C=O) groups excluding carboxylic acids is 1. The molecular formula is C16H19N3O2. The Hall–Kier alpha value is -2.40. The molecule has 0 bridgehead atoms. The fourth-order valence-corrected chi connectivity index (χ4v) is 1.72. The second kappa shape index (κ2) is 8.01. The third-order valence-corrected chi connectivity index (χ3v) is 2.78. The number of amides is 1. The van der Waals surface area contributed by atoms with Crippen molar-refractivity contribution in [2.45, 2.75) is 13.5 Å². The molecule has 2 aromatic rings. The molecule has 1 aromatic carbocycles. The molecule has 0 radical (unpaired) electrons. The van der Waals surface area contributed by atoms with Crippen LogP contribution >= 0.6 is 0 Å². The zero-order valence-electron chi connectivity index (χ0n) is 12.0. The molecule has 21 heavy (non-hydrogen) atoms. The van der Waals surface area contributed by atoms with Crippen molar-refractivity contribution in [3.8, 4) is 5.75 Å². The van der Waals surface area contributed by atoms with Gasteiger partial charge in [0, 0.05) is 12.2 Å². The van der Waals surface area contributed by atoms with Gasteiger partial charge in [-0.25, -0.2) is 0 Å². The van der Waals surface area contributed by atoms with Gasteiger partial charge in [-0.3, -0.25) is 9.78 Å². The van der Waals surface area contributed by atoms with E-state index in [1.165, 1.54) is 0 Å². The molecule has 1 heterocycles. The summed E-state index contributed by atoms with van der Waals surface area (Å²) in [6.45, 7) is 3.64. The minimum absolute atomic E-state index is 0.0386. The normalized spacial score (nSPS) is 10.1. The maximum Gasteiger partial charge on any atom is 0.262 e. The minimum Gasteiger partial charge on any atom is -0.482 e. The summed E-state index contributed by atoms with van der Waals surface area (Å²) in [5.41, 5.74) is 1.70. The topological polar surface area (TPSA) is 63.2 Å². The lowest BCUT2D eigenvalue weighted by Gasteiger charge is -2.08. The van der Waals surface area contributed by atoms with Crippen LogP contribution in [0.3, 0.4) is 0 Å². The first-order valence-corrected chi connectivity index (χ1v) is 6.91. The van der Waals surface area contributed by atoms with Crippen molar-refractivity contribution in [3.05, 3.63) is 54.4 Å². The molecule has 0 atom stereocenters. The van der Waals surface area contributed by atoms with Crippen LogP contribution in [-0.4, -0.2) is 24.0 Å². The highest BCUT2D eigenvalue weighted by atomic mass is 16.5. The summed E-state index contributed by atoms with van der Waals surface area (Å²) in [4.78, 5) is 16.0. The average Bonchev–Trinajstić information content (AvgIpc) is 2.53. The van der Waals surface area contributed by atoms with Gasteiger partial charge in [0.25, 0.3) is 5.91 Å². The van der Waals surface area contributed by atoms with Crippen molar-refractivity contribution >= 4 is 11.6 Å². The lowest BCUT2D eigenvalue weighted by atomic mass is 10.3. The van der Waals surface area contributed by atoms with E-state index in [9.17, 15) is 4.79 Å². The van der Waals surface area contributed by atoms with E-state index in [0.29, 0.717) is 5.75 Å². The lowest BCUT2D eigenvalue weighted by Crippen LogP contribution is -2.20. The van der Waals surface area contributed by atoms with E-state index in [1.54, 1.807) is 6.20 Å². The predicted molar refractivity (Wildman–Crippen MR) is 82.2 cm³/mol. The molecule has 2 N–H and O–H groups in total. The van der Waals surface area contributed by atoms with E-state index in [1.807, 2.05) is 49.4 Å². The summed E-state index contributed by atoms with van der Waals surface area (Å²) in [6.07, 6.45) is 1.63. The van der Waals surface area contributed by atoms with E-state index in [4.69, 9.17) is 4.74 Å². The number of hydrogen-bond acceptors (Lipinski definition) is 4. The van der Waals surface area contributed by atoms with Crippen molar-refractivity contribution < 1.29 is 9.53 Å². The standard InChI is InChI=1S/C16H19N3O2/c1-2-17-10-14-8-9-15(11-18-14)21-12-16(20)19-13-6-4-3-5-7-13/h3-9,11,17H,2,10,12H2,1H3,(H,19,20). The zero-order valence-corrected chi connectivity index (χ0v) is 12.0. The van der Waals surface area contributed by atoms with Crippen molar-refractivity contribution in [1.82, 2.24) is 10.3 Å². The number of carbonyl (C=O) groups is 1. The fourth-order valence-electron chi connectivity index (χ4n) is 1.72. The molecule has 0 aliphatic rings. The van der Waals surface area contributed by atoms with Crippen molar-refractivity contribution in [2.75, 3.05) is 18.5 Å². The SMILES string of the molecule is CCNCc1ccc(OCC(=O)Nc2ccccc2)cn1. The number of anilines is 1. The van der Waals surface area contributed by atoms with Gasteiger partial charge in [0.15, 0.2) is 6.61 Å². The van der Waals surface area contributed by atoms with E-state index >= 15 is 0 Å². The zero-order chi connectivity index (χ0) is 14.9. The number of nitrogens with zero attached hydrogens (tertiary/aromatic N) is 1. The van der Waals surface area contributed by atoms with E-state index in [0.717, 1.165) is 24.5 Å². The largest absolute Gasteiger partial charge is 0.482 e. The predicted octanol–water partition coefficient (Wildman–Crippen LogP) is 2.21. The number of pyridine rings is 1. The fraction of sp³-hybridized carbons (Fsp3) is 0.250. The van der Waals surface area contributed by atoms with Gasteiger partial charge in [-0.15, -0.1) is 0 Å². The number of nitrogens with one attached hydrogen (secondary N) is 2. The molecule has 0 spiro atoms. The van der Waals surface area contributed by atoms with Crippen molar-refractivity contribution in [3.63, 3.8) is 0 Å². The van der Waals surface area contributed by atoms with Crippen LogP contribution in [0, 0.1) is 0 Å². The van der Waals surface area contributed by atoms with Gasteiger partial charge in [-0.2, -0.15) is 0 Å². The van der Waals surface area contributed by atoms with Crippen LogP contribution in [0.1, 0.15) is 12.6 Å². The first-order chi connectivity index (χ1) is 10.3. The second-order valence-corrected chi connectivity index (χ2v) is 4.47. The number of para-hydroxylation sites is 1. The number of hydrogen-bond donors (Lipinski definition) is 2. The molecule has 0 unspecified atom stereocenters. The summed E-state index contributed by atoms with van der Waals surface area (Å²) in [5, 5.41) is 5.95. The van der Waals surface area contributed by atoms with Gasteiger partial charge in [-0.05, 0) is 30.8 Å². The van der Waals surface area contributed by atoms with Gasteiger partial charge in [0.1, 0.15) is 5.75 Å². The van der Waals surface area contributed by atoms with Crippen LogP contribution < -0.4 is 15.4 Å². The van der Waals surface area contributed by atoms with Gasteiger partial charge < -0.3 is 15.4 Å². The summed E-state index contributed by atoms with van der Waals surface area (Å²) in [5.74, 6) is 0.386. The Kier molecular flexibility index (Phi) is 5.72. The number of aromatic nitrogens is 1. The number of benzene rings is 1. The molecule has 0 fully saturated rings. The average molecular weight is 285 g/mol.